The van der Waals surface area contributed by atoms with Crippen LogP contribution in [0.25, 0.3) is 0 Å². The van der Waals surface area contributed by atoms with Crippen LogP contribution in [0.5, 0.6) is 5.75 Å². The molecule has 0 spiro atoms. The monoisotopic (exact) mass is 412 g/mol. The molecular weight excluding hydrogens is 396 g/mol. The molecular formula is C19H16N4O5S. The maximum atomic E-state index is 12.8. The molecule has 9 nitrogen and oxygen atoms in total. The van der Waals surface area contributed by atoms with Crippen molar-refractivity contribution >= 4 is 27.5 Å². The van der Waals surface area contributed by atoms with Gasteiger partial charge in [-0.1, -0.05) is 0 Å². The van der Waals surface area contributed by atoms with Crippen molar-refractivity contribution in [2.45, 2.75) is 4.90 Å². The van der Waals surface area contributed by atoms with Crippen molar-refractivity contribution in [1.82, 2.24) is 14.3 Å². The predicted octanol–water partition coefficient (Wildman–Crippen LogP) is 1.49. The van der Waals surface area contributed by atoms with Crippen molar-refractivity contribution in [3.05, 3.63) is 72.3 Å². The minimum absolute atomic E-state index is 0.000230. The normalized spacial score (nSPS) is 14.1. The van der Waals surface area contributed by atoms with E-state index in [0.29, 0.717) is 5.75 Å². The number of nitrogens with zero attached hydrogens (tertiary/aromatic N) is 2. The number of amides is 2. The van der Waals surface area contributed by atoms with Gasteiger partial charge in [0, 0.05) is 18.0 Å². The Balaban J connectivity index is 1.49. The fraction of sp³-hybridized carbons (Fsp3) is 0.105. The van der Waals surface area contributed by atoms with Crippen LogP contribution >= 0.6 is 0 Å². The van der Waals surface area contributed by atoms with E-state index in [4.69, 9.17) is 4.74 Å². The molecule has 148 valence electrons. The molecule has 29 heavy (non-hydrogen) atoms. The summed E-state index contributed by atoms with van der Waals surface area (Å²) in [6.07, 6.45) is 4.50. The van der Waals surface area contributed by atoms with E-state index >= 15 is 0 Å². The summed E-state index contributed by atoms with van der Waals surface area (Å²) >= 11 is 0. The van der Waals surface area contributed by atoms with E-state index in [1.54, 1.807) is 24.5 Å². The first-order valence-electron chi connectivity index (χ1n) is 8.66. The summed E-state index contributed by atoms with van der Waals surface area (Å²) in [5.74, 6) is -0.401. The van der Waals surface area contributed by atoms with E-state index in [1.165, 1.54) is 36.5 Å². The van der Waals surface area contributed by atoms with E-state index in [2.05, 4.69) is 15.6 Å². The highest BCUT2D eigenvalue weighted by atomic mass is 32.2. The number of carbonyl (C=O) groups excluding carboxylic acids is 2. The highest BCUT2D eigenvalue weighted by Gasteiger charge is 2.30. The van der Waals surface area contributed by atoms with E-state index in [1.807, 2.05) is 0 Å². The average Bonchev–Trinajstić information content (AvgIpc) is 3.20. The molecule has 4 rings (SSSR count). The number of benzene rings is 1. The molecule has 0 saturated carbocycles. The molecule has 2 amide bonds. The van der Waals surface area contributed by atoms with Crippen LogP contribution in [0.4, 0.5) is 5.69 Å². The summed E-state index contributed by atoms with van der Waals surface area (Å²) in [5, 5.41) is 5.24. The Kier molecular flexibility index (Phi) is 4.77. The number of hydrogen-bond donors (Lipinski definition) is 2. The summed E-state index contributed by atoms with van der Waals surface area (Å²) in [5.41, 5.74) is 0.268. The average molecular weight is 412 g/mol. The number of aromatic nitrogens is 2. The van der Waals surface area contributed by atoms with Gasteiger partial charge in [-0.15, -0.1) is 0 Å². The minimum Gasteiger partial charge on any atom is -0.490 e. The highest BCUT2D eigenvalue weighted by molar-refractivity contribution is 7.90. The quantitative estimate of drug-likeness (QED) is 0.613. The number of hydrogen-bond acceptors (Lipinski definition) is 6. The maximum absolute atomic E-state index is 12.8. The molecule has 0 fully saturated rings. The molecule has 0 saturated heterocycles. The first-order chi connectivity index (χ1) is 14.0. The minimum atomic E-state index is -3.95. The van der Waals surface area contributed by atoms with Gasteiger partial charge in [0.1, 0.15) is 22.9 Å². The van der Waals surface area contributed by atoms with Crippen molar-refractivity contribution < 1.29 is 22.7 Å². The fourth-order valence-electron chi connectivity index (χ4n) is 2.91. The largest absolute Gasteiger partial charge is 0.490 e. The predicted molar refractivity (Wildman–Crippen MR) is 103 cm³/mol. The second-order valence-electron chi connectivity index (χ2n) is 6.15. The highest BCUT2D eigenvalue weighted by Crippen LogP contribution is 2.29. The van der Waals surface area contributed by atoms with Crippen LogP contribution in [0.15, 0.2) is 66.0 Å². The molecule has 10 heteroatoms. The van der Waals surface area contributed by atoms with Gasteiger partial charge in [0.05, 0.1) is 18.4 Å². The molecule has 1 aliphatic rings. The first-order valence-corrected chi connectivity index (χ1v) is 10.1. The van der Waals surface area contributed by atoms with Crippen molar-refractivity contribution in [1.29, 1.82) is 0 Å². The lowest BCUT2D eigenvalue weighted by Crippen LogP contribution is -2.28. The fourth-order valence-corrected chi connectivity index (χ4v) is 4.38. The van der Waals surface area contributed by atoms with Gasteiger partial charge in [0.2, 0.25) is 0 Å². The van der Waals surface area contributed by atoms with Crippen LogP contribution in [0.3, 0.4) is 0 Å². The van der Waals surface area contributed by atoms with Gasteiger partial charge in [-0.25, -0.2) is 12.4 Å². The van der Waals surface area contributed by atoms with Crippen LogP contribution in [-0.2, 0) is 10.0 Å². The molecule has 0 aliphatic carbocycles. The first kappa shape index (κ1) is 18.7. The molecule has 2 aromatic heterocycles. The van der Waals surface area contributed by atoms with E-state index < -0.39 is 21.8 Å². The van der Waals surface area contributed by atoms with Crippen molar-refractivity contribution in [2.24, 2.45) is 0 Å². The number of nitrogens with one attached hydrogen (secondary N) is 2. The van der Waals surface area contributed by atoms with Crippen LogP contribution in [-0.4, -0.2) is 42.3 Å². The molecule has 3 aromatic rings. The van der Waals surface area contributed by atoms with Gasteiger partial charge in [-0.05, 0) is 42.5 Å². The summed E-state index contributed by atoms with van der Waals surface area (Å²) < 4.78 is 32.0. The van der Waals surface area contributed by atoms with Gasteiger partial charge in [-0.3, -0.25) is 14.6 Å². The lowest BCUT2D eigenvalue weighted by molar-refractivity contribution is 0.0945. The summed E-state index contributed by atoms with van der Waals surface area (Å²) in [7, 11) is -3.95. The zero-order valence-corrected chi connectivity index (χ0v) is 15.8. The molecule has 2 N–H and O–H groups in total. The molecule has 0 bridgehead atoms. The Hall–Kier alpha value is -3.66. The lowest BCUT2D eigenvalue weighted by Gasteiger charge is -2.11. The number of carbonyl (C=O) groups is 2. The Morgan fingerprint density at radius 2 is 2.07 bits per heavy atom. The van der Waals surface area contributed by atoms with Crippen molar-refractivity contribution in [3.8, 4) is 5.75 Å². The molecule has 0 atom stereocenters. The van der Waals surface area contributed by atoms with Crippen molar-refractivity contribution in [3.63, 3.8) is 0 Å². The van der Waals surface area contributed by atoms with Gasteiger partial charge in [0.15, 0.2) is 0 Å². The van der Waals surface area contributed by atoms with Crippen LogP contribution < -0.4 is 15.4 Å². The Morgan fingerprint density at radius 3 is 2.86 bits per heavy atom. The van der Waals surface area contributed by atoms with Crippen LogP contribution in [0.2, 0.25) is 0 Å². The summed E-state index contributed by atoms with van der Waals surface area (Å²) in [6.45, 7) is 0.476. The van der Waals surface area contributed by atoms with Gasteiger partial charge in [0.25, 0.3) is 21.8 Å². The third kappa shape index (κ3) is 3.57. The van der Waals surface area contributed by atoms with Gasteiger partial charge >= 0.3 is 0 Å². The number of pyridine rings is 1. The third-order valence-electron chi connectivity index (χ3n) is 4.26. The number of anilines is 1. The van der Waals surface area contributed by atoms with Crippen LogP contribution in [0.1, 0.15) is 20.8 Å². The Morgan fingerprint density at radius 1 is 1.21 bits per heavy atom. The zero-order valence-electron chi connectivity index (χ0n) is 15.0. The van der Waals surface area contributed by atoms with Gasteiger partial charge in [-0.2, -0.15) is 0 Å². The maximum Gasteiger partial charge on any atom is 0.273 e. The SMILES string of the molecule is O=C(NCCOc1cccnc1)c1ccc2c(c1)NC(=O)c1cccn1S2(=O)=O. The smallest absolute Gasteiger partial charge is 0.273 e. The topological polar surface area (TPSA) is 119 Å². The van der Waals surface area contributed by atoms with E-state index in [9.17, 15) is 18.0 Å². The van der Waals surface area contributed by atoms with Crippen molar-refractivity contribution in [2.75, 3.05) is 18.5 Å². The number of fused-ring (bicyclic) bond motifs is 2. The number of rotatable bonds is 5. The zero-order chi connectivity index (χ0) is 20.4. The summed E-state index contributed by atoms with van der Waals surface area (Å²) in [4.78, 5) is 28.6. The Labute approximate surface area is 166 Å². The molecule has 0 unspecified atom stereocenters. The third-order valence-corrected chi connectivity index (χ3v) is 6.01. The molecule has 1 aliphatic heterocycles. The molecule has 1 aromatic carbocycles. The van der Waals surface area contributed by atoms with E-state index in [-0.39, 0.29) is 35.0 Å². The second-order valence-corrected chi connectivity index (χ2v) is 7.94. The summed E-state index contributed by atoms with van der Waals surface area (Å²) in [6, 6.07) is 10.4. The molecule has 3 heterocycles. The molecule has 0 radical (unpaired) electrons. The number of ether oxygens (including phenoxy) is 1. The van der Waals surface area contributed by atoms with E-state index in [0.717, 1.165) is 3.97 Å². The van der Waals surface area contributed by atoms with Gasteiger partial charge < -0.3 is 15.4 Å². The Bertz CT molecular complexity index is 1190. The van der Waals surface area contributed by atoms with Crippen LogP contribution in [0, 0.1) is 0 Å². The standard InChI is InChI=1S/C19H16N4O5S/c24-18(21-8-10-28-14-3-1-7-20-12-14)13-5-6-17-15(11-13)22-19(25)16-4-2-9-23(16)29(17,26)27/h1-7,9,11-12H,8,10H2,(H,21,24)(H,22,25). The lowest BCUT2D eigenvalue weighted by atomic mass is 10.2. The second kappa shape index (κ2) is 7.40.